The van der Waals surface area contributed by atoms with Crippen LogP contribution < -0.4 is 10.6 Å². The number of nitrogens with two attached hydrogens (primary N) is 1. The maximum absolute atomic E-state index is 13.1. The van der Waals surface area contributed by atoms with Crippen molar-refractivity contribution in [2.75, 3.05) is 11.4 Å². The highest BCUT2D eigenvalue weighted by atomic mass is 19.1. The molecule has 1 atom stereocenters. The Hall–Kier alpha value is -2.02. The van der Waals surface area contributed by atoms with Crippen LogP contribution in [0.3, 0.4) is 0 Å². The lowest BCUT2D eigenvalue weighted by molar-refractivity contribution is -0.384. The lowest BCUT2D eigenvalue weighted by Crippen LogP contribution is -2.28. The molecule has 2 N–H and O–H groups in total. The van der Waals surface area contributed by atoms with E-state index in [2.05, 4.69) is 0 Å². The van der Waals surface area contributed by atoms with E-state index in [-0.39, 0.29) is 36.3 Å². The Bertz CT molecular complexity index is 492. The average Bonchev–Trinajstić information content (AvgIpc) is 2.57. The Kier molecular flexibility index (Phi) is 2.76. The topological polar surface area (TPSA) is 89.5 Å². The van der Waals surface area contributed by atoms with Crippen molar-refractivity contribution < 1.29 is 14.1 Å². The van der Waals surface area contributed by atoms with E-state index in [0.717, 1.165) is 23.1 Å². The Labute approximate surface area is 96.0 Å². The number of amides is 1. The summed E-state index contributed by atoms with van der Waals surface area (Å²) in [6.45, 7) is 0.170. The number of nitro groups is 1. The zero-order chi connectivity index (χ0) is 12.6. The van der Waals surface area contributed by atoms with E-state index in [1.54, 1.807) is 0 Å². The number of anilines is 1. The number of hydrogen-bond donors (Lipinski definition) is 1. The van der Waals surface area contributed by atoms with E-state index in [9.17, 15) is 19.3 Å². The van der Waals surface area contributed by atoms with Crippen LogP contribution in [0.1, 0.15) is 6.42 Å². The van der Waals surface area contributed by atoms with Gasteiger partial charge >= 0.3 is 0 Å². The summed E-state index contributed by atoms with van der Waals surface area (Å²) in [6, 6.07) is 2.64. The molecule has 1 aliphatic heterocycles. The van der Waals surface area contributed by atoms with Crippen molar-refractivity contribution in [3.63, 3.8) is 0 Å². The van der Waals surface area contributed by atoms with Gasteiger partial charge in [0, 0.05) is 31.1 Å². The fourth-order valence-electron chi connectivity index (χ4n) is 1.84. The smallest absolute Gasteiger partial charge is 0.293 e. The first-order valence-electron chi connectivity index (χ1n) is 4.99. The van der Waals surface area contributed by atoms with Crippen LogP contribution in [0.25, 0.3) is 0 Å². The minimum atomic E-state index is -0.647. The summed E-state index contributed by atoms with van der Waals surface area (Å²) >= 11 is 0. The molecule has 1 aliphatic rings. The molecule has 1 saturated heterocycles. The second-order valence-electron chi connectivity index (χ2n) is 3.86. The molecule has 0 radical (unpaired) electrons. The number of benzene rings is 1. The molecule has 0 saturated carbocycles. The number of hydrogen-bond acceptors (Lipinski definition) is 4. The zero-order valence-electron chi connectivity index (χ0n) is 8.80. The number of nitro benzene ring substituents is 1. The molecule has 1 amide bonds. The van der Waals surface area contributed by atoms with E-state index < -0.39 is 10.7 Å². The van der Waals surface area contributed by atoms with Crippen LogP contribution >= 0.6 is 0 Å². The Morgan fingerprint density at radius 2 is 2.24 bits per heavy atom. The lowest BCUT2D eigenvalue weighted by atomic mass is 10.2. The molecule has 6 nitrogen and oxygen atoms in total. The fraction of sp³-hybridized carbons (Fsp3) is 0.300. The molecule has 1 aromatic carbocycles. The molecule has 0 spiro atoms. The van der Waals surface area contributed by atoms with Gasteiger partial charge in [0.1, 0.15) is 11.5 Å². The van der Waals surface area contributed by atoms with Crippen LogP contribution in [-0.2, 0) is 4.79 Å². The fourth-order valence-corrected chi connectivity index (χ4v) is 1.84. The summed E-state index contributed by atoms with van der Waals surface area (Å²) in [5, 5.41) is 10.8. The third-order valence-electron chi connectivity index (χ3n) is 2.58. The van der Waals surface area contributed by atoms with Gasteiger partial charge in [-0.2, -0.15) is 0 Å². The number of rotatable bonds is 2. The van der Waals surface area contributed by atoms with Crippen molar-refractivity contribution in [3.05, 3.63) is 34.1 Å². The van der Waals surface area contributed by atoms with Gasteiger partial charge in [0.05, 0.1) is 4.92 Å². The summed E-state index contributed by atoms with van der Waals surface area (Å²) in [7, 11) is 0. The molecular formula is C10H10FN3O3. The van der Waals surface area contributed by atoms with Gasteiger partial charge in [-0.25, -0.2) is 4.39 Å². The third-order valence-corrected chi connectivity index (χ3v) is 2.58. The van der Waals surface area contributed by atoms with E-state index in [4.69, 9.17) is 5.73 Å². The molecular weight excluding hydrogens is 229 g/mol. The molecule has 90 valence electrons. The normalized spacial score (nSPS) is 19.8. The van der Waals surface area contributed by atoms with Crippen molar-refractivity contribution in [3.8, 4) is 0 Å². The van der Waals surface area contributed by atoms with Gasteiger partial charge in [-0.05, 0) is 6.07 Å². The van der Waals surface area contributed by atoms with Crippen LogP contribution in [0.2, 0.25) is 0 Å². The van der Waals surface area contributed by atoms with Crippen LogP contribution in [0.5, 0.6) is 0 Å². The Morgan fingerprint density at radius 1 is 1.53 bits per heavy atom. The van der Waals surface area contributed by atoms with Crippen LogP contribution in [0, 0.1) is 15.9 Å². The molecule has 0 aromatic heterocycles. The molecule has 0 aliphatic carbocycles. The number of nitrogens with zero attached hydrogens (tertiary/aromatic N) is 2. The largest absolute Gasteiger partial charge is 0.326 e. The van der Waals surface area contributed by atoms with Crippen LogP contribution in [-0.4, -0.2) is 23.4 Å². The summed E-state index contributed by atoms with van der Waals surface area (Å²) in [6.07, 6.45) is 0.119. The van der Waals surface area contributed by atoms with Crippen LogP contribution in [0.4, 0.5) is 15.8 Å². The minimum Gasteiger partial charge on any atom is -0.326 e. The second kappa shape index (κ2) is 4.10. The summed E-state index contributed by atoms with van der Waals surface area (Å²) in [5.74, 6) is -0.954. The van der Waals surface area contributed by atoms with E-state index in [0.29, 0.717) is 0 Å². The first-order chi connectivity index (χ1) is 7.99. The average molecular weight is 239 g/mol. The van der Waals surface area contributed by atoms with Crippen molar-refractivity contribution in [1.29, 1.82) is 0 Å². The molecule has 7 heteroatoms. The van der Waals surface area contributed by atoms with Crippen molar-refractivity contribution >= 4 is 17.3 Å². The Balaban J connectivity index is 2.46. The second-order valence-corrected chi connectivity index (χ2v) is 3.86. The Morgan fingerprint density at radius 3 is 2.76 bits per heavy atom. The van der Waals surface area contributed by atoms with Crippen molar-refractivity contribution in [1.82, 2.24) is 0 Å². The molecule has 1 unspecified atom stereocenters. The molecule has 1 heterocycles. The zero-order valence-corrected chi connectivity index (χ0v) is 8.80. The van der Waals surface area contributed by atoms with Crippen LogP contribution in [0.15, 0.2) is 18.2 Å². The molecule has 0 bridgehead atoms. The van der Waals surface area contributed by atoms with E-state index >= 15 is 0 Å². The molecule has 17 heavy (non-hydrogen) atoms. The SMILES string of the molecule is NC1CC(=O)N(c2cc(F)ccc2[N+](=O)[O-])C1. The first-order valence-corrected chi connectivity index (χ1v) is 4.99. The molecule has 1 aromatic rings. The lowest BCUT2D eigenvalue weighted by Gasteiger charge is -2.15. The first kappa shape index (κ1) is 11.5. The van der Waals surface area contributed by atoms with Gasteiger partial charge in [-0.15, -0.1) is 0 Å². The summed E-state index contributed by atoms with van der Waals surface area (Å²) in [4.78, 5) is 22.9. The van der Waals surface area contributed by atoms with E-state index in [1.807, 2.05) is 0 Å². The van der Waals surface area contributed by atoms with Gasteiger partial charge in [0.15, 0.2) is 0 Å². The monoisotopic (exact) mass is 239 g/mol. The van der Waals surface area contributed by atoms with Gasteiger partial charge in [-0.1, -0.05) is 0 Å². The van der Waals surface area contributed by atoms with Crippen molar-refractivity contribution in [2.45, 2.75) is 12.5 Å². The van der Waals surface area contributed by atoms with Gasteiger partial charge in [-0.3, -0.25) is 14.9 Å². The number of halogens is 1. The standard InChI is InChI=1S/C10H10FN3O3/c11-6-1-2-8(14(16)17)9(3-6)13-5-7(12)4-10(13)15/h1-3,7H,4-5,12H2. The number of carbonyl (C=O) groups excluding carboxylic acids is 1. The predicted molar refractivity (Wildman–Crippen MR) is 58.0 cm³/mol. The maximum Gasteiger partial charge on any atom is 0.293 e. The van der Waals surface area contributed by atoms with E-state index in [1.165, 1.54) is 0 Å². The highest BCUT2D eigenvalue weighted by Gasteiger charge is 2.32. The summed E-state index contributed by atoms with van der Waals surface area (Å²) in [5.41, 5.74) is 5.26. The maximum atomic E-state index is 13.1. The predicted octanol–water partition coefficient (Wildman–Crippen LogP) is 0.798. The minimum absolute atomic E-state index is 0.0343. The molecule has 1 fully saturated rings. The number of carbonyl (C=O) groups is 1. The summed E-state index contributed by atoms with van der Waals surface area (Å²) < 4.78 is 13.1. The molecule has 2 rings (SSSR count). The highest BCUT2D eigenvalue weighted by molar-refractivity contribution is 5.98. The third kappa shape index (κ3) is 2.09. The van der Waals surface area contributed by atoms with Gasteiger partial charge in [0.2, 0.25) is 5.91 Å². The quantitative estimate of drug-likeness (QED) is 0.610. The van der Waals surface area contributed by atoms with Crippen molar-refractivity contribution in [2.24, 2.45) is 5.73 Å². The van der Waals surface area contributed by atoms with Gasteiger partial charge < -0.3 is 10.6 Å². The highest BCUT2D eigenvalue weighted by Crippen LogP contribution is 2.31. The van der Waals surface area contributed by atoms with Gasteiger partial charge in [0.25, 0.3) is 5.69 Å².